The Morgan fingerprint density at radius 2 is 2.05 bits per heavy atom. The van der Waals surface area contributed by atoms with Crippen molar-refractivity contribution in [2.45, 2.75) is 12.6 Å². The number of furan rings is 1. The Bertz CT molecular complexity index is 688. The summed E-state index contributed by atoms with van der Waals surface area (Å²) in [5, 5.41) is 6.89. The molecule has 1 N–H and O–H groups in total. The fourth-order valence-corrected chi connectivity index (χ4v) is 3.45. The molecular formula is C17H20N2OS. The molecule has 0 radical (unpaired) electrons. The van der Waals surface area contributed by atoms with Crippen molar-refractivity contribution in [1.82, 2.24) is 10.2 Å². The average molecular weight is 300 g/mol. The van der Waals surface area contributed by atoms with Crippen LogP contribution in [0.5, 0.6) is 0 Å². The van der Waals surface area contributed by atoms with Crippen LogP contribution in [0, 0.1) is 0 Å². The number of benzene rings is 1. The largest absolute Gasteiger partial charge is 0.464 e. The standard InChI is InChI=1S/C17H20N2OS/c1-19(2)15(17-8-5-9-21-17)11-18-10-13-12-20-16-7-4-3-6-14(13)16/h3-9,12,15,18H,10-11H2,1-2H3. The quantitative estimate of drug-likeness (QED) is 0.748. The Hall–Kier alpha value is -1.62. The van der Waals surface area contributed by atoms with Crippen LogP contribution in [-0.4, -0.2) is 25.5 Å². The van der Waals surface area contributed by atoms with Crippen molar-refractivity contribution in [3.8, 4) is 0 Å². The van der Waals surface area contributed by atoms with E-state index in [4.69, 9.17) is 4.42 Å². The fourth-order valence-electron chi connectivity index (χ4n) is 2.53. The summed E-state index contributed by atoms with van der Waals surface area (Å²) in [4.78, 5) is 3.65. The van der Waals surface area contributed by atoms with E-state index in [0.29, 0.717) is 6.04 Å². The lowest BCUT2D eigenvalue weighted by atomic mass is 10.1. The second-order valence-electron chi connectivity index (χ2n) is 5.38. The molecule has 4 heteroatoms. The van der Waals surface area contributed by atoms with Gasteiger partial charge in [-0.2, -0.15) is 0 Å². The smallest absolute Gasteiger partial charge is 0.134 e. The van der Waals surface area contributed by atoms with Crippen molar-refractivity contribution in [1.29, 1.82) is 0 Å². The molecule has 0 spiro atoms. The number of rotatable bonds is 6. The second-order valence-corrected chi connectivity index (χ2v) is 6.36. The van der Waals surface area contributed by atoms with Gasteiger partial charge in [-0.1, -0.05) is 24.3 Å². The zero-order valence-electron chi connectivity index (χ0n) is 12.4. The molecule has 1 aromatic carbocycles. The van der Waals surface area contributed by atoms with E-state index in [1.807, 2.05) is 29.7 Å². The minimum Gasteiger partial charge on any atom is -0.464 e. The molecule has 3 aromatic rings. The lowest BCUT2D eigenvalue weighted by Crippen LogP contribution is -2.30. The van der Waals surface area contributed by atoms with Gasteiger partial charge in [-0.05, 0) is 31.6 Å². The van der Waals surface area contributed by atoms with E-state index in [-0.39, 0.29) is 0 Å². The number of para-hydroxylation sites is 1. The highest BCUT2D eigenvalue weighted by Crippen LogP contribution is 2.23. The Kier molecular flexibility index (Phi) is 4.39. The lowest BCUT2D eigenvalue weighted by Gasteiger charge is -2.23. The third kappa shape index (κ3) is 3.18. The number of likely N-dealkylation sites (N-methyl/N-ethyl adjacent to an activating group) is 1. The number of nitrogens with zero attached hydrogens (tertiary/aromatic N) is 1. The highest BCUT2D eigenvalue weighted by molar-refractivity contribution is 7.10. The molecule has 1 atom stereocenters. The van der Waals surface area contributed by atoms with Crippen molar-refractivity contribution >= 4 is 22.3 Å². The van der Waals surface area contributed by atoms with Gasteiger partial charge in [-0.25, -0.2) is 0 Å². The summed E-state index contributed by atoms with van der Waals surface area (Å²) < 4.78 is 5.58. The predicted octanol–water partition coefficient (Wildman–Crippen LogP) is 3.89. The van der Waals surface area contributed by atoms with Gasteiger partial charge in [0.05, 0.1) is 12.3 Å². The van der Waals surface area contributed by atoms with Gasteiger partial charge in [0, 0.05) is 28.9 Å². The van der Waals surface area contributed by atoms with Crippen LogP contribution >= 0.6 is 11.3 Å². The zero-order chi connectivity index (χ0) is 14.7. The van der Waals surface area contributed by atoms with Crippen LogP contribution < -0.4 is 5.32 Å². The first-order chi connectivity index (χ1) is 10.3. The Morgan fingerprint density at radius 1 is 1.19 bits per heavy atom. The molecule has 2 heterocycles. The molecule has 0 aliphatic carbocycles. The maximum Gasteiger partial charge on any atom is 0.134 e. The van der Waals surface area contributed by atoms with Gasteiger partial charge in [-0.3, -0.25) is 0 Å². The summed E-state index contributed by atoms with van der Waals surface area (Å²) in [6, 6.07) is 12.9. The molecule has 1 unspecified atom stereocenters. The van der Waals surface area contributed by atoms with Crippen molar-refractivity contribution in [3.63, 3.8) is 0 Å². The topological polar surface area (TPSA) is 28.4 Å². The van der Waals surface area contributed by atoms with Gasteiger partial charge in [0.25, 0.3) is 0 Å². The van der Waals surface area contributed by atoms with Gasteiger partial charge in [0.15, 0.2) is 0 Å². The summed E-state index contributed by atoms with van der Waals surface area (Å²) in [5.74, 6) is 0. The molecule has 0 amide bonds. The normalized spacial score (nSPS) is 13.1. The Balaban J connectivity index is 1.65. The van der Waals surface area contributed by atoms with Crippen LogP contribution in [0.3, 0.4) is 0 Å². The molecule has 0 saturated carbocycles. The van der Waals surface area contributed by atoms with E-state index in [9.17, 15) is 0 Å². The van der Waals surface area contributed by atoms with Crippen LogP contribution in [-0.2, 0) is 6.54 Å². The summed E-state index contributed by atoms with van der Waals surface area (Å²) >= 11 is 1.81. The third-order valence-electron chi connectivity index (χ3n) is 3.71. The Morgan fingerprint density at radius 3 is 2.81 bits per heavy atom. The monoisotopic (exact) mass is 300 g/mol. The lowest BCUT2D eigenvalue weighted by molar-refractivity contribution is 0.292. The van der Waals surface area contributed by atoms with Crippen LogP contribution in [0.25, 0.3) is 11.0 Å². The van der Waals surface area contributed by atoms with Crippen molar-refractivity contribution in [2.75, 3.05) is 20.6 Å². The van der Waals surface area contributed by atoms with E-state index in [2.05, 4.69) is 54.0 Å². The average Bonchev–Trinajstić information content (AvgIpc) is 3.13. The molecule has 0 saturated heterocycles. The van der Waals surface area contributed by atoms with Crippen molar-refractivity contribution < 1.29 is 4.42 Å². The van der Waals surface area contributed by atoms with E-state index in [1.165, 1.54) is 15.8 Å². The van der Waals surface area contributed by atoms with Crippen LogP contribution in [0.4, 0.5) is 0 Å². The van der Waals surface area contributed by atoms with Gasteiger partial charge in [0.2, 0.25) is 0 Å². The molecule has 3 nitrogen and oxygen atoms in total. The maximum atomic E-state index is 5.58. The summed E-state index contributed by atoms with van der Waals surface area (Å²) in [5.41, 5.74) is 2.17. The van der Waals surface area contributed by atoms with Gasteiger partial charge in [-0.15, -0.1) is 11.3 Å². The summed E-state index contributed by atoms with van der Waals surface area (Å²) in [6.45, 7) is 1.75. The minimum atomic E-state index is 0.406. The number of fused-ring (bicyclic) bond motifs is 1. The first-order valence-electron chi connectivity index (χ1n) is 7.11. The van der Waals surface area contributed by atoms with Crippen molar-refractivity contribution in [3.05, 3.63) is 58.5 Å². The second kappa shape index (κ2) is 6.43. The third-order valence-corrected chi connectivity index (χ3v) is 4.68. The minimum absolute atomic E-state index is 0.406. The molecule has 0 aliphatic heterocycles. The van der Waals surface area contributed by atoms with Gasteiger partial charge in [0.1, 0.15) is 5.58 Å². The fraction of sp³-hybridized carbons (Fsp3) is 0.294. The van der Waals surface area contributed by atoms with E-state index < -0.39 is 0 Å². The summed E-state index contributed by atoms with van der Waals surface area (Å²) in [7, 11) is 4.25. The molecule has 0 fully saturated rings. The number of thiophene rings is 1. The highest BCUT2D eigenvalue weighted by atomic mass is 32.1. The molecule has 0 bridgehead atoms. The van der Waals surface area contributed by atoms with E-state index in [1.54, 1.807) is 0 Å². The molecule has 3 rings (SSSR count). The van der Waals surface area contributed by atoms with Crippen molar-refractivity contribution in [2.24, 2.45) is 0 Å². The van der Waals surface area contributed by atoms with E-state index >= 15 is 0 Å². The van der Waals surface area contributed by atoms with Gasteiger partial charge >= 0.3 is 0 Å². The maximum absolute atomic E-state index is 5.58. The van der Waals surface area contributed by atoms with Gasteiger partial charge < -0.3 is 14.6 Å². The first kappa shape index (κ1) is 14.3. The van der Waals surface area contributed by atoms with Crippen LogP contribution in [0.2, 0.25) is 0 Å². The molecule has 2 aromatic heterocycles. The van der Waals surface area contributed by atoms with E-state index in [0.717, 1.165) is 18.7 Å². The summed E-state index contributed by atoms with van der Waals surface area (Å²) in [6.07, 6.45) is 1.85. The SMILES string of the molecule is CN(C)C(CNCc1coc2ccccc12)c1cccs1. The molecule has 0 aliphatic rings. The first-order valence-corrected chi connectivity index (χ1v) is 7.99. The predicted molar refractivity (Wildman–Crippen MR) is 88.7 cm³/mol. The Labute approximate surface area is 129 Å². The number of nitrogens with one attached hydrogen (secondary N) is 1. The van der Waals surface area contributed by atoms with Crippen LogP contribution in [0.1, 0.15) is 16.5 Å². The highest BCUT2D eigenvalue weighted by Gasteiger charge is 2.15. The number of hydrogen-bond acceptors (Lipinski definition) is 4. The zero-order valence-corrected chi connectivity index (χ0v) is 13.2. The number of hydrogen-bond donors (Lipinski definition) is 1. The molecular weight excluding hydrogens is 280 g/mol. The molecule has 21 heavy (non-hydrogen) atoms. The van der Waals surface area contributed by atoms with Crippen LogP contribution in [0.15, 0.2) is 52.5 Å². The molecule has 110 valence electrons.